The maximum atomic E-state index is 5.73. The first-order chi connectivity index (χ1) is 14.7. The first-order valence-electron chi connectivity index (χ1n) is 9.85. The van der Waals surface area contributed by atoms with Crippen molar-refractivity contribution in [3.05, 3.63) is 134 Å². The standard InChI is InChI=1S/C18H19N.C7H10.C2H4.CH5N/c1-2-17(15-9-5-3-6-10-15)18(13-14-19)16-11-7-4-8-12-16;1-4-6-7(3)5-2;2*1-2/h2-13H,14,19H2,1H3;4-6H,1-2H2,3H3;1-2H2;2H2,1H3/b17-2-,18-13-;7-6-;;. The summed E-state index contributed by atoms with van der Waals surface area (Å²) in [7, 11) is 1.50. The molecule has 0 aromatic heterocycles. The third-order valence-electron chi connectivity index (χ3n) is 3.77. The zero-order valence-corrected chi connectivity index (χ0v) is 18.9. The van der Waals surface area contributed by atoms with Gasteiger partial charge in [0.05, 0.1) is 0 Å². The summed E-state index contributed by atoms with van der Waals surface area (Å²) in [5.41, 5.74) is 16.2. The molecular formula is C28H38N2. The Morgan fingerprint density at radius 3 is 1.57 bits per heavy atom. The Labute approximate surface area is 184 Å². The molecule has 0 radical (unpaired) electrons. The highest BCUT2D eigenvalue weighted by molar-refractivity contribution is 6.04. The van der Waals surface area contributed by atoms with Gasteiger partial charge < -0.3 is 11.5 Å². The third-order valence-corrected chi connectivity index (χ3v) is 3.77. The third kappa shape index (κ3) is 11.6. The van der Waals surface area contributed by atoms with Crippen LogP contribution in [-0.2, 0) is 0 Å². The number of allylic oxidation sites excluding steroid dienone is 7. The van der Waals surface area contributed by atoms with E-state index in [-0.39, 0.29) is 0 Å². The molecule has 0 spiro atoms. The highest BCUT2D eigenvalue weighted by Crippen LogP contribution is 2.30. The molecule has 0 aliphatic carbocycles. The monoisotopic (exact) mass is 402 g/mol. The van der Waals surface area contributed by atoms with E-state index in [1.54, 1.807) is 12.2 Å². The second-order valence-corrected chi connectivity index (χ2v) is 5.64. The van der Waals surface area contributed by atoms with Gasteiger partial charge in [0.15, 0.2) is 0 Å². The van der Waals surface area contributed by atoms with Crippen molar-refractivity contribution in [1.82, 2.24) is 0 Å². The molecule has 2 rings (SSSR count). The van der Waals surface area contributed by atoms with Crippen molar-refractivity contribution in [1.29, 1.82) is 0 Å². The summed E-state index contributed by atoms with van der Waals surface area (Å²) in [6.45, 7) is 17.7. The molecular weight excluding hydrogens is 364 g/mol. The lowest BCUT2D eigenvalue weighted by atomic mass is 9.92. The summed E-state index contributed by atoms with van der Waals surface area (Å²) in [6, 6.07) is 20.8. The lowest BCUT2D eigenvalue weighted by Crippen LogP contribution is -1.98. The van der Waals surface area contributed by atoms with Gasteiger partial charge in [-0.3, -0.25) is 0 Å². The summed E-state index contributed by atoms with van der Waals surface area (Å²) in [5.74, 6) is 0. The van der Waals surface area contributed by atoms with Crippen LogP contribution in [-0.4, -0.2) is 13.6 Å². The maximum absolute atomic E-state index is 5.73. The van der Waals surface area contributed by atoms with Crippen molar-refractivity contribution in [2.45, 2.75) is 13.8 Å². The fraction of sp³-hybridized carbons (Fsp3) is 0.143. The molecule has 0 atom stereocenters. The lowest BCUT2D eigenvalue weighted by Gasteiger charge is -2.13. The van der Waals surface area contributed by atoms with Gasteiger partial charge in [-0.05, 0) is 43.2 Å². The van der Waals surface area contributed by atoms with Crippen LogP contribution < -0.4 is 11.5 Å². The Morgan fingerprint density at radius 1 is 0.833 bits per heavy atom. The SMILES string of the molecule is C/C=C(\C(=C/CN)c1ccccc1)c1ccccc1.C=C.C=C/C=C(/C)C=C.CN. The van der Waals surface area contributed by atoms with Crippen LogP contribution in [0.1, 0.15) is 25.0 Å². The van der Waals surface area contributed by atoms with Gasteiger partial charge in [-0.2, -0.15) is 0 Å². The first-order valence-corrected chi connectivity index (χ1v) is 9.85. The van der Waals surface area contributed by atoms with Gasteiger partial charge in [0, 0.05) is 6.54 Å². The molecule has 2 aromatic carbocycles. The smallest absolute Gasteiger partial charge is 0.0116 e. The molecule has 0 aliphatic rings. The largest absolute Gasteiger partial charge is 0.333 e. The molecule has 2 nitrogen and oxygen atoms in total. The minimum Gasteiger partial charge on any atom is -0.333 e. The molecule has 0 amide bonds. The maximum Gasteiger partial charge on any atom is 0.0116 e. The van der Waals surface area contributed by atoms with Gasteiger partial charge in [-0.25, -0.2) is 0 Å². The highest BCUT2D eigenvalue weighted by Gasteiger charge is 2.08. The average Bonchev–Trinajstić information content (AvgIpc) is 2.83. The van der Waals surface area contributed by atoms with Crippen LogP contribution in [0.5, 0.6) is 0 Å². The topological polar surface area (TPSA) is 52.0 Å². The van der Waals surface area contributed by atoms with E-state index in [0.29, 0.717) is 6.54 Å². The van der Waals surface area contributed by atoms with Crippen molar-refractivity contribution in [3.63, 3.8) is 0 Å². The van der Waals surface area contributed by atoms with Crippen LogP contribution in [0, 0.1) is 0 Å². The molecule has 160 valence electrons. The number of benzene rings is 2. The van der Waals surface area contributed by atoms with E-state index in [1.807, 2.05) is 25.1 Å². The normalized spacial score (nSPS) is 10.8. The van der Waals surface area contributed by atoms with E-state index in [2.05, 4.69) is 99.7 Å². The van der Waals surface area contributed by atoms with Crippen molar-refractivity contribution in [3.8, 4) is 0 Å². The van der Waals surface area contributed by atoms with Gasteiger partial charge in [0.2, 0.25) is 0 Å². The van der Waals surface area contributed by atoms with Crippen LogP contribution in [0.4, 0.5) is 0 Å². The Morgan fingerprint density at radius 2 is 1.27 bits per heavy atom. The predicted molar refractivity (Wildman–Crippen MR) is 139 cm³/mol. The van der Waals surface area contributed by atoms with Gasteiger partial charge in [0.25, 0.3) is 0 Å². The second-order valence-electron chi connectivity index (χ2n) is 5.64. The summed E-state index contributed by atoms with van der Waals surface area (Å²) in [6.07, 6.45) is 9.67. The number of nitrogens with two attached hydrogens (primary N) is 2. The van der Waals surface area contributed by atoms with Crippen LogP contribution in [0.2, 0.25) is 0 Å². The Bertz CT molecular complexity index is 782. The van der Waals surface area contributed by atoms with Crippen molar-refractivity contribution in [2.75, 3.05) is 13.6 Å². The summed E-state index contributed by atoms with van der Waals surface area (Å²) >= 11 is 0. The van der Waals surface area contributed by atoms with Gasteiger partial charge >= 0.3 is 0 Å². The van der Waals surface area contributed by atoms with E-state index in [0.717, 1.165) is 5.57 Å². The van der Waals surface area contributed by atoms with Crippen molar-refractivity contribution < 1.29 is 0 Å². The summed E-state index contributed by atoms with van der Waals surface area (Å²) in [5, 5.41) is 0. The number of rotatable bonds is 6. The van der Waals surface area contributed by atoms with E-state index in [1.165, 1.54) is 29.3 Å². The fourth-order valence-electron chi connectivity index (χ4n) is 2.47. The van der Waals surface area contributed by atoms with Gasteiger partial charge in [0.1, 0.15) is 0 Å². The van der Waals surface area contributed by atoms with Crippen LogP contribution in [0.15, 0.2) is 123 Å². The Kier molecular flexibility index (Phi) is 19.9. The minimum absolute atomic E-state index is 0.536. The van der Waals surface area contributed by atoms with Gasteiger partial charge in [-0.15, -0.1) is 13.2 Å². The van der Waals surface area contributed by atoms with Gasteiger partial charge in [-0.1, -0.05) is 110 Å². The minimum atomic E-state index is 0.536. The number of hydrogen-bond donors (Lipinski definition) is 2. The average molecular weight is 403 g/mol. The molecule has 0 bridgehead atoms. The molecule has 4 N–H and O–H groups in total. The molecule has 2 aromatic rings. The molecule has 0 heterocycles. The zero-order chi connectivity index (χ0) is 23.2. The molecule has 0 saturated carbocycles. The molecule has 0 unspecified atom stereocenters. The molecule has 0 saturated heterocycles. The predicted octanol–water partition coefficient (Wildman–Crippen LogP) is 6.81. The van der Waals surface area contributed by atoms with Crippen molar-refractivity contribution in [2.24, 2.45) is 11.5 Å². The van der Waals surface area contributed by atoms with Crippen LogP contribution in [0.3, 0.4) is 0 Å². The van der Waals surface area contributed by atoms with E-state index >= 15 is 0 Å². The van der Waals surface area contributed by atoms with Crippen LogP contribution >= 0.6 is 0 Å². The molecule has 0 fully saturated rings. The quantitative estimate of drug-likeness (QED) is 0.412. The zero-order valence-electron chi connectivity index (χ0n) is 18.9. The lowest BCUT2D eigenvalue weighted by molar-refractivity contribution is 1.26. The summed E-state index contributed by atoms with van der Waals surface area (Å²) in [4.78, 5) is 0. The van der Waals surface area contributed by atoms with Crippen LogP contribution in [0.25, 0.3) is 11.1 Å². The van der Waals surface area contributed by atoms with E-state index in [9.17, 15) is 0 Å². The summed E-state index contributed by atoms with van der Waals surface area (Å²) < 4.78 is 0. The van der Waals surface area contributed by atoms with Crippen molar-refractivity contribution >= 4 is 11.1 Å². The van der Waals surface area contributed by atoms with E-state index in [4.69, 9.17) is 5.73 Å². The molecule has 30 heavy (non-hydrogen) atoms. The second kappa shape index (κ2) is 20.5. The number of hydrogen-bond acceptors (Lipinski definition) is 2. The first kappa shape index (κ1) is 29.0. The Hall–Kier alpha value is -3.20. The highest BCUT2D eigenvalue weighted by atomic mass is 14.5. The fourth-order valence-corrected chi connectivity index (χ4v) is 2.47. The molecule has 2 heteroatoms. The Balaban J connectivity index is 0. The van der Waals surface area contributed by atoms with E-state index < -0.39 is 0 Å². The molecule has 0 aliphatic heterocycles.